The van der Waals surface area contributed by atoms with Crippen LogP contribution in [0.25, 0.3) is 0 Å². The minimum Gasteiger partial charge on any atom is -0.478 e. The van der Waals surface area contributed by atoms with Crippen LogP contribution in [0.5, 0.6) is 0 Å². The molecule has 0 bridgehead atoms. The van der Waals surface area contributed by atoms with Crippen molar-refractivity contribution >= 4 is 29.8 Å². The van der Waals surface area contributed by atoms with E-state index in [1.165, 1.54) is 6.92 Å². The molecule has 1 N–H and O–H groups in total. The lowest BCUT2D eigenvalue weighted by molar-refractivity contribution is -0.344. The Labute approximate surface area is 213 Å². The number of ether oxygens (including phenoxy) is 7. The van der Waals surface area contributed by atoms with Crippen LogP contribution >= 0.6 is 0 Å². The molecule has 206 valence electrons. The fourth-order valence-electron chi connectivity index (χ4n) is 5.13. The van der Waals surface area contributed by atoms with Crippen molar-refractivity contribution in [1.29, 1.82) is 0 Å². The number of carbonyl (C=O) groups is 5. The van der Waals surface area contributed by atoms with Gasteiger partial charge in [-0.3, -0.25) is 19.2 Å². The van der Waals surface area contributed by atoms with Crippen molar-refractivity contribution in [3.63, 3.8) is 0 Å². The summed E-state index contributed by atoms with van der Waals surface area (Å²) in [4.78, 5) is 59.0. The minimum atomic E-state index is -1.42. The van der Waals surface area contributed by atoms with Crippen molar-refractivity contribution in [3.05, 3.63) is 11.8 Å². The Morgan fingerprint density at radius 1 is 0.865 bits per heavy atom. The predicted molar refractivity (Wildman–Crippen MR) is 119 cm³/mol. The molecule has 0 aromatic heterocycles. The van der Waals surface area contributed by atoms with Gasteiger partial charge >= 0.3 is 29.8 Å². The number of rotatable bonds is 8. The number of fused-ring (bicyclic) bond motifs is 1. The van der Waals surface area contributed by atoms with Crippen molar-refractivity contribution in [2.75, 3.05) is 6.61 Å². The van der Waals surface area contributed by atoms with E-state index in [0.717, 1.165) is 33.5 Å². The highest BCUT2D eigenvalue weighted by Gasteiger charge is 2.55. The summed E-state index contributed by atoms with van der Waals surface area (Å²) in [6.07, 6.45) is -5.18. The van der Waals surface area contributed by atoms with Crippen molar-refractivity contribution < 1.29 is 62.2 Å². The first-order valence-corrected chi connectivity index (χ1v) is 11.9. The minimum absolute atomic E-state index is 0.0312. The highest BCUT2D eigenvalue weighted by Crippen LogP contribution is 2.47. The van der Waals surface area contributed by atoms with Crippen molar-refractivity contribution in [2.45, 2.75) is 84.5 Å². The second-order valence-electron chi connectivity index (χ2n) is 9.33. The number of hydrogen-bond acceptors (Lipinski definition) is 12. The normalized spacial score (nSPS) is 34.7. The Bertz CT molecular complexity index is 943. The van der Waals surface area contributed by atoms with Gasteiger partial charge in [0.25, 0.3) is 0 Å². The number of hydrogen-bond donors (Lipinski definition) is 1. The van der Waals surface area contributed by atoms with Crippen LogP contribution in [0.15, 0.2) is 11.8 Å². The standard InChI is InChI=1S/C24H32O13/c1-10-6-7-15-16(22(29)30)8-32-23(18(10)15)37-24-21(35-14(5)28)20(34-13(4)27)19(33-12(3)26)17(36-24)9-31-11(2)25/h8,10,15,17-21,23-24H,6-7,9H2,1-5H3,(H,29,30)/t10-,15+,17+,18+,19+,20-,21+,23-,24-/m0/s1. The van der Waals surface area contributed by atoms with Crippen molar-refractivity contribution in [1.82, 2.24) is 0 Å². The van der Waals surface area contributed by atoms with Crippen LogP contribution in [-0.2, 0) is 57.1 Å². The summed E-state index contributed by atoms with van der Waals surface area (Å²) in [6, 6.07) is 0. The average molecular weight is 529 g/mol. The second-order valence-corrected chi connectivity index (χ2v) is 9.33. The third kappa shape index (κ3) is 6.77. The molecule has 0 spiro atoms. The lowest BCUT2D eigenvalue weighted by Gasteiger charge is -2.46. The van der Waals surface area contributed by atoms with Gasteiger partial charge in [-0.15, -0.1) is 0 Å². The monoisotopic (exact) mass is 528 g/mol. The lowest BCUT2D eigenvalue weighted by atomic mass is 9.83. The molecule has 0 aromatic carbocycles. The molecule has 37 heavy (non-hydrogen) atoms. The van der Waals surface area contributed by atoms with Gasteiger partial charge in [0.05, 0.1) is 11.8 Å². The van der Waals surface area contributed by atoms with Crippen LogP contribution in [0.4, 0.5) is 0 Å². The van der Waals surface area contributed by atoms with E-state index in [1.807, 2.05) is 6.92 Å². The van der Waals surface area contributed by atoms with E-state index in [9.17, 15) is 29.1 Å². The number of esters is 4. The fourth-order valence-corrected chi connectivity index (χ4v) is 5.13. The molecule has 0 radical (unpaired) electrons. The molecular weight excluding hydrogens is 496 g/mol. The topological polar surface area (TPSA) is 170 Å². The molecule has 2 aliphatic heterocycles. The Balaban J connectivity index is 1.97. The van der Waals surface area contributed by atoms with Crippen LogP contribution in [0.3, 0.4) is 0 Å². The lowest BCUT2D eigenvalue weighted by Crippen LogP contribution is -2.63. The van der Waals surface area contributed by atoms with Gasteiger partial charge in [-0.2, -0.15) is 0 Å². The summed E-state index contributed by atoms with van der Waals surface area (Å²) in [5.74, 6) is -4.66. The molecule has 2 heterocycles. The molecule has 0 unspecified atom stereocenters. The third-order valence-corrected chi connectivity index (χ3v) is 6.56. The van der Waals surface area contributed by atoms with E-state index in [4.69, 9.17) is 33.2 Å². The highest BCUT2D eigenvalue weighted by molar-refractivity contribution is 5.87. The van der Waals surface area contributed by atoms with Gasteiger partial charge in [0.2, 0.25) is 12.6 Å². The fraction of sp³-hybridized carbons (Fsp3) is 0.708. The van der Waals surface area contributed by atoms with Gasteiger partial charge in [0.15, 0.2) is 18.3 Å². The maximum Gasteiger partial charge on any atom is 0.334 e. The second kappa shape index (κ2) is 11.9. The summed E-state index contributed by atoms with van der Waals surface area (Å²) in [5.41, 5.74) is 0.135. The summed E-state index contributed by atoms with van der Waals surface area (Å²) in [7, 11) is 0. The molecule has 9 atom stereocenters. The molecule has 13 nitrogen and oxygen atoms in total. The predicted octanol–water partition coefficient (Wildman–Crippen LogP) is 1.07. The Morgan fingerprint density at radius 2 is 1.46 bits per heavy atom. The average Bonchev–Trinajstić information content (AvgIpc) is 3.17. The summed E-state index contributed by atoms with van der Waals surface area (Å²) >= 11 is 0. The van der Waals surface area contributed by atoms with Gasteiger partial charge in [0, 0.05) is 39.5 Å². The number of carbonyl (C=O) groups excluding carboxylic acids is 4. The van der Waals surface area contributed by atoms with E-state index in [1.54, 1.807) is 0 Å². The summed E-state index contributed by atoms with van der Waals surface area (Å²) < 4.78 is 39.0. The van der Waals surface area contributed by atoms with Gasteiger partial charge in [-0.25, -0.2) is 4.79 Å². The third-order valence-electron chi connectivity index (χ3n) is 6.56. The van der Waals surface area contributed by atoms with E-state index >= 15 is 0 Å². The largest absolute Gasteiger partial charge is 0.478 e. The maximum absolute atomic E-state index is 12.0. The van der Waals surface area contributed by atoms with Crippen LogP contribution in [-0.4, -0.2) is 78.6 Å². The Kier molecular flexibility index (Phi) is 9.13. The zero-order valence-corrected chi connectivity index (χ0v) is 21.2. The molecule has 1 saturated heterocycles. The number of carboxylic acid groups (broad SMARTS) is 1. The van der Waals surface area contributed by atoms with E-state index in [0.29, 0.717) is 6.42 Å². The summed E-state index contributed by atoms with van der Waals surface area (Å²) in [5, 5.41) is 9.58. The maximum atomic E-state index is 12.0. The molecule has 1 saturated carbocycles. The molecule has 0 amide bonds. The number of carboxylic acids is 1. The van der Waals surface area contributed by atoms with E-state index < -0.39 is 73.4 Å². The van der Waals surface area contributed by atoms with Crippen LogP contribution in [0, 0.1) is 17.8 Å². The zero-order chi connectivity index (χ0) is 27.4. The molecule has 3 aliphatic rings. The van der Waals surface area contributed by atoms with Crippen molar-refractivity contribution in [2.24, 2.45) is 17.8 Å². The van der Waals surface area contributed by atoms with Crippen LogP contribution < -0.4 is 0 Å². The zero-order valence-electron chi connectivity index (χ0n) is 21.2. The van der Waals surface area contributed by atoms with Gasteiger partial charge in [0.1, 0.15) is 12.7 Å². The number of aliphatic carboxylic acids is 1. The first-order valence-electron chi connectivity index (χ1n) is 11.9. The highest BCUT2D eigenvalue weighted by atomic mass is 16.8. The summed E-state index contributed by atoms with van der Waals surface area (Å²) in [6.45, 7) is 6.10. The smallest absolute Gasteiger partial charge is 0.334 e. The molecule has 1 aliphatic carbocycles. The van der Waals surface area contributed by atoms with Gasteiger partial charge < -0.3 is 38.3 Å². The Hall–Kier alpha value is -3.19. The SMILES string of the molecule is CC(=O)OC[C@H]1O[C@@H](O[C@@H]2OC=C(C(=O)O)[C@H]3CC[C@H](C)[C@@H]23)[C@H](OC(C)=O)[C@@H](OC(C)=O)[C@@H]1OC(C)=O. The van der Waals surface area contributed by atoms with Crippen LogP contribution in [0.2, 0.25) is 0 Å². The molecule has 3 rings (SSSR count). The van der Waals surface area contributed by atoms with E-state index in [-0.39, 0.29) is 23.3 Å². The first kappa shape index (κ1) is 28.4. The Morgan fingerprint density at radius 3 is 2.03 bits per heavy atom. The molecular formula is C24H32O13. The quantitative estimate of drug-likeness (QED) is 0.351. The molecule has 2 fully saturated rings. The molecule has 0 aromatic rings. The van der Waals surface area contributed by atoms with E-state index in [2.05, 4.69) is 0 Å². The van der Waals surface area contributed by atoms with Gasteiger partial charge in [-0.05, 0) is 18.8 Å². The van der Waals surface area contributed by atoms with Crippen LogP contribution in [0.1, 0.15) is 47.5 Å². The van der Waals surface area contributed by atoms with Crippen molar-refractivity contribution in [3.8, 4) is 0 Å². The molecule has 13 heteroatoms. The first-order chi connectivity index (χ1) is 17.4. The van der Waals surface area contributed by atoms with Gasteiger partial charge in [-0.1, -0.05) is 6.92 Å².